The summed E-state index contributed by atoms with van der Waals surface area (Å²) in [5, 5.41) is 4.94. The van der Waals surface area contributed by atoms with Gasteiger partial charge in [0, 0.05) is 23.7 Å². The molecule has 1 aromatic heterocycles. The summed E-state index contributed by atoms with van der Waals surface area (Å²) in [5.74, 6) is 0. The fraction of sp³-hybridized carbons (Fsp3) is 0.385. The van der Waals surface area contributed by atoms with Crippen LogP contribution < -0.4 is 5.32 Å². The molecule has 162 valence electrons. The van der Waals surface area contributed by atoms with Crippen LogP contribution in [0.15, 0.2) is 54.7 Å². The van der Waals surface area contributed by atoms with Gasteiger partial charge >= 0.3 is 6.09 Å². The molecular formula is C26H31N3O2. The van der Waals surface area contributed by atoms with Crippen LogP contribution in [0, 0.1) is 0 Å². The molecule has 0 bridgehead atoms. The SMILES string of the molecule is CC(C)(C)OC(=O)Nc1ccc(-c2ccc(CN3CCCCC3)nc2)c2ccccc12. The molecule has 0 aliphatic carbocycles. The molecule has 0 radical (unpaired) electrons. The Morgan fingerprint density at radius 2 is 1.74 bits per heavy atom. The smallest absolute Gasteiger partial charge is 0.412 e. The normalized spacial score (nSPS) is 15.1. The number of anilines is 1. The van der Waals surface area contributed by atoms with Crippen LogP contribution in [0.25, 0.3) is 21.9 Å². The highest BCUT2D eigenvalue weighted by Crippen LogP contribution is 2.33. The maximum Gasteiger partial charge on any atom is 0.412 e. The van der Waals surface area contributed by atoms with Crippen LogP contribution in [0.1, 0.15) is 45.7 Å². The summed E-state index contributed by atoms with van der Waals surface area (Å²) in [6.07, 6.45) is 5.42. The lowest BCUT2D eigenvalue weighted by Crippen LogP contribution is -2.29. The van der Waals surface area contributed by atoms with Crippen molar-refractivity contribution < 1.29 is 9.53 Å². The Kier molecular flexibility index (Phi) is 6.23. The summed E-state index contributed by atoms with van der Waals surface area (Å²) in [7, 11) is 0. The van der Waals surface area contributed by atoms with Gasteiger partial charge in [0.25, 0.3) is 0 Å². The molecule has 1 aliphatic rings. The molecule has 0 saturated carbocycles. The molecule has 0 spiro atoms. The fourth-order valence-electron chi connectivity index (χ4n) is 4.10. The van der Waals surface area contributed by atoms with Crippen molar-refractivity contribution in [2.75, 3.05) is 18.4 Å². The minimum Gasteiger partial charge on any atom is -0.444 e. The first-order valence-corrected chi connectivity index (χ1v) is 11.1. The Morgan fingerprint density at radius 1 is 1.00 bits per heavy atom. The lowest BCUT2D eigenvalue weighted by atomic mass is 9.98. The number of rotatable bonds is 4. The summed E-state index contributed by atoms with van der Waals surface area (Å²) in [5.41, 5.74) is 3.48. The van der Waals surface area contributed by atoms with E-state index in [1.807, 2.05) is 57.3 Å². The van der Waals surface area contributed by atoms with Crippen molar-refractivity contribution >= 4 is 22.6 Å². The van der Waals surface area contributed by atoms with Gasteiger partial charge in [-0.15, -0.1) is 0 Å². The number of nitrogens with zero attached hydrogens (tertiary/aromatic N) is 2. The fourth-order valence-corrected chi connectivity index (χ4v) is 4.10. The zero-order valence-electron chi connectivity index (χ0n) is 18.6. The standard InChI is InChI=1S/C26H31N3O2/c1-26(2,3)31-25(30)28-24-14-13-21(22-9-5-6-10-23(22)24)19-11-12-20(27-17-19)18-29-15-7-4-8-16-29/h5-6,9-14,17H,4,7-8,15-16,18H2,1-3H3,(H,28,30). The van der Waals surface area contributed by atoms with E-state index in [0.717, 1.165) is 39.8 Å². The molecule has 1 aliphatic heterocycles. The molecule has 2 aromatic carbocycles. The van der Waals surface area contributed by atoms with E-state index in [1.165, 1.54) is 32.4 Å². The average Bonchev–Trinajstić information content (AvgIpc) is 2.74. The quantitative estimate of drug-likeness (QED) is 0.546. The van der Waals surface area contributed by atoms with Gasteiger partial charge in [0.15, 0.2) is 0 Å². The van der Waals surface area contributed by atoms with Crippen molar-refractivity contribution in [2.45, 2.75) is 52.2 Å². The van der Waals surface area contributed by atoms with Crippen LogP contribution >= 0.6 is 0 Å². The van der Waals surface area contributed by atoms with Gasteiger partial charge in [0.2, 0.25) is 0 Å². The van der Waals surface area contributed by atoms with E-state index in [2.05, 4.69) is 28.4 Å². The minimum absolute atomic E-state index is 0.450. The third-order valence-electron chi connectivity index (χ3n) is 5.53. The topological polar surface area (TPSA) is 54.5 Å². The highest BCUT2D eigenvalue weighted by molar-refractivity contribution is 6.06. The van der Waals surface area contributed by atoms with Gasteiger partial charge in [-0.1, -0.05) is 42.8 Å². The van der Waals surface area contributed by atoms with Crippen molar-refractivity contribution in [3.8, 4) is 11.1 Å². The number of piperidine rings is 1. The Hall–Kier alpha value is -2.92. The summed E-state index contributed by atoms with van der Waals surface area (Å²) in [6.45, 7) is 8.82. The number of hydrogen-bond acceptors (Lipinski definition) is 4. The second kappa shape index (κ2) is 9.06. The zero-order chi connectivity index (χ0) is 21.8. The van der Waals surface area contributed by atoms with Crippen LogP contribution in [0.2, 0.25) is 0 Å². The lowest BCUT2D eigenvalue weighted by molar-refractivity contribution is 0.0636. The summed E-state index contributed by atoms with van der Waals surface area (Å²) in [6, 6.07) is 16.3. The highest BCUT2D eigenvalue weighted by atomic mass is 16.6. The van der Waals surface area contributed by atoms with E-state index in [9.17, 15) is 4.79 Å². The van der Waals surface area contributed by atoms with Gasteiger partial charge in [-0.2, -0.15) is 0 Å². The number of likely N-dealkylation sites (tertiary alicyclic amines) is 1. The van der Waals surface area contributed by atoms with Gasteiger partial charge in [-0.25, -0.2) is 4.79 Å². The number of aromatic nitrogens is 1. The molecule has 0 atom stereocenters. The number of fused-ring (bicyclic) bond motifs is 1. The summed E-state index contributed by atoms with van der Waals surface area (Å²) < 4.78 is 5.42. The van der Waals surface area contributed by atoms with Crippen molar-refractivity contribution in [1.29, 1.82) is 0 Å². The van der Waals surface area contributed by atoms with E-state index >= 15 is 0 Å². The first-order valence-electron chi connectivity index (χ1n) is 11.1. The molecule has 1 amide bonds. The predicted molar refractivity (Wildman–Crippen MR) is 126 cm³/mol. The predicted octanol–water partition coefficient (Wildman–Crippen LogP) is 6.23. The number of benzene rings is 2. The van der Waals surface area contributed by atoms with E-state index in [0.29, 0.717) is 0 Å². The third-order valence-corrected chi connectivity index (χ3v) is 5.53. The Balaban J connectivity index is 1.57. The van der Waals surface area contributed by atoms with Crippen molar-refractivity contribution in [3.63, 3.8) is 0 Å². The number of ether oxygens (including phenoxy) is 1. The van der Waals surface area contributed by atoms with Gasteiger partial charge in [0.05, 0.1) is 11.4 Å². The number of carbonyl (C=O) groups is 1. The second-order valence-electron chi connectivity index (χ2n) is 9.21. The second-order valence-corrected chi connectivity index (χ2v) is 9.21. The first kappa shape index (κ1) is 21.3. The Morgan fingerprint density at radius 3 is 2.42 bits per heavy atom. The van der Waals surface area contributed by atoms with Crippen LogP contribution in [0.5, 0.6) is 0 Å². The van der Waals surface area contributed by atoms with Gasteiger partial charge in [-0.3, -0.25) is 15.2 Å². The number of carbonyl (C=O) groups excluding carboxylic acids is 1. The third kappa shape index (κ3) is 5.42. The first-order chi connectivity index (χ1) is 14.9. The molecule has 3 aromatic rings. The van der Waals surface area contributed by atoms with Crippen LogP contribution in [-0.4, -0.2) is 34.7 Å². The maximum absolute atomic E-state index is 12.3. The number of hydrogen-bond donors (Lipinski definition) is 1. The highest BCUT2D eigenvalue weighted by Gasteiger charge is 2.18. The van der Waals surface area contributed by atoms with Crippen molar-refractivity contribution in [3.05, 3.63) is 60.4 Å². The minimum atomic E-state index is -0.540. The van der Waals surface area contributed by atoms with E-state index in [-0.39, 0.29) is 0 Å². The van der Waals surface area contributed by atoms with E-state index in [1.54, 1.807) is 0 Å². The number of nitrogens with one attached hydrogen (secondary N) is 1. The lowest BCUT2D eigenvalue weighted by Gasteiger charge is -2.25. The molecule has 1 fully saturated rings. The van der Waals surface area contributed by atoms with Crippen LogP contribution in [-0.2, 0) is 11.3 Å². The van der Waals surface area contributed by atoms with Crippen molar-refractivity contribution in [2.24, 2.45) is 0 Å². The molecule has 5 nitrogen and oxygen atoms in total. The molecule has 31 heavy (non-hydrogen) atoms. The summed E-state index contributed by atoms with van der Waals surface area (Å²) >= 11 is 0. The molecule has 5 heteroatoms. The van der Waals surface area contributed by atoms with E-state index < -0.39 is 11.7 Å². The monoisotopic (exact) mass is 417 g/mol. The molecule has 0 unspecified atom stereocenters. The molecule has 1 saturated heterocycles. The summed E-state index contributed by atoms with van der Waals surface area (Å²) in [4.78, 5) is 19.5. The van der Waals surface area contributed by atoms with Gasteiger partial charge < -0.3 is 4.74 Å². The average molecular weight is 418 g/mol. The van der Waals surface area contributed by atoms with Crippen LogP contribution in [0.4, 0.5) is 10.5 Å². The largest absolute Gasteiger partial charge is 0.444 e. The number of amides is 1. The van der Waals surface area contributed by atoms with Crippen LogP contribution in [0.3, 0.4) is 0 Å². The molecule has 2 heterocycles. The van der Waals surface area contributed by atoms with E-state index in [4.69, 9.17) is 9.72 Å². The molecule has 1 N–H and O–H groups in total. The Bertz CT molecular complexity index is 1050. The Labute approximate surface area is 184 Å². The number of pyridine rings is 1. The van der Waals surface area contributed by atoms with Gasteiger partial charge in [-0.05, 0) is 69.8 Å². The van der Waals surface area contributed by atoms with Gasteiger partial charge in [0.1, 0.15) is 5.60 Å². The zero-order valence-corrected chi connectivity index (χ0v) is 18.6. The van der Waals surface area contributed by atoms with Crippen molar-refractivity contribution in [1.82, 2.24) is 9.88 Å². The molecule has 4 rings (SSSR count). The molecular weight excluding hydrogens is 386 g/mol. The maximum atomic E-state index is 12.3.